The van der Waals surface area contributed by atoms with E-state index in [1.165, 1.54) is 6.20 Å². The predicted octanol–water partition coefficient (Wildman–Crippen LogP) is 2.75. The molecule has 0 aliphatic carbocycles. The van der Waals surface area contributed by atoms with Crippen molar-refractivity contribution in [2.45, 2.75) is 0 Å². The molecule has 1 aromatic heterocycles. The minimum absolute atomic E-state index is 0.298. The number of benzene rings is 1. The van der Waals surface area contributed by atoms with E-state index in [1.54, 1.807) is 0 Å². The summed E-state index contributed by atoms with van der Waals surface area (Å²) in [6.07, 6.45) is 2.08. The van der Waals surface area contributed by atoms with E-state index in [4.69, 9.17) is 0 Å². The molecule has 92 valence electrons. The molecule has 3 nitrogen and oxygen atoms in total. The van der Waals surface area contributed by atoms with Gasteiger partial charge < -0.3 is 5.32 Å². The van der Waals surface area contributed by atoms with Crippen molar-refractivity contribution in [1.29, 1.82) is 0 Å². The number of anilines is 1. The van der Waals surface area contributed by atoms with Gasteiger partial charge in [0, 0.05) is 12.3 Å². The van der Waals surface area contributed by atoms with Crippen LogP contribution in [0.25, 0.3) is 0 Å². The highest BCUT2D eigenvalue weighted by molar-refractivity contribution is 6.04. The Morgan fingerprint density at radius 3 is 2.61 bits per heavy atom. The quantitative estimate of drug-likeness (QED) is 0.892. The summed E-state index contributed by atoms with van der Waals surface area (Å²) in [7, 11) is 0. The second-order valence-electron chi connectivity index (χ2n) is 3.43. The lowest BCUT2D eigenvalue weighted by Crippen LogP contribution is -2.15. The van der Waals surface area contributed by atoms with Crippen molar-refractivity contribution in [2.24, 2.45) is 0 Å². The first-order valence-corrected chi connectivity index (χ1v) is 4.94. The first-order chi connectivity index (χ1) is 8.58. The number of rotatable bonds is 2. The standard InChI is InChI=1S/C12H7F3N2O/c13-7-1-2-9(14)11(5-7)17-12(18)8-3-4-16-6-10(8)15/h1-6H,(H,17,18). The molecule has 2 aromatic rings. The van der Waals surface area contributed by atoms with Crippen molar-refractivity contribution < 1.29 is 18.0 Å². The second-order valence-corrected chi connectivity index (χ2v) is 3.43. The normalized spacial score (nSPS) is 10.2. The molecule has 0 saturated heterocycles. The summed E-state index contributed by atoms with van der Waals surface area (Å²) in [5.74, 6) is -3.23. The van der Waals surface area contributed by atoms with Crippen LogP contribution in [0, 0.1) is 17.5 Å². The van der Waals surface area contributed by atoms with Gasteiger partial charge in [-0.1, -0.05) is 0 Å². The van der Waals surface area contributed by atoms with Crippen LogP contribution in [0.1, 0.15) is 10.4 Å². The van der Waals surface area contributed by atoms with Crippen LogP contribution < -0.4 is 5.32 Å². The molecule has 2 rings (SSSR count). The van der Waals surface area contributed by atoms with Crippen molar-refractivity contribution in [3.05, 3.63) is 59.7 Å². The van der Waals surface area contributed by atoms with Gasteiger partial charge in [-0.15, -0.1) is 0 Å². The number of carbonyl (C=O) groups excluding carboxylic acids is 1. The van der Waals surface area contributed by atoms with Gasteiger partial charge in [-0.3, -0.25) is 9.78 Å². The Bertz CT molecular complexity index is 602. The van der Waals surface area contributed by atoms with Crippen LogP contribution in [0.15, 0.2) is 36.7 Å². The first kappa shape index (κ1) is 12.1. The number of hydrogen-bond acceptors (Lipinski definition) is 2. The molecule has 0 spiro atoms. The Hall–Kier alpha value is -2.37. The van der Waals surface area contributed by atoms with Crippen molar-refractivity contribution in [3.8, 4) is 0 Å². The Labute approximate surface area is 100 Å². The Morgan fingerprint density at radius 1 is 1.11 bits per heavy atom. The monoisotopic (exact) mass is 252 g/mol. The Morgan fingerprint density at radius 2 is 1.89 bits per heavy atom. The van der Waals surface area contributed by atoms with Crippen LogP contribution >= 0.6 is 0 Å². The number of amides is 1. The molecule has 1 N–H and O–H groups in total. The van der Waals surface area contributed by atoms with Crippen LogP contribution in [0.4, 0.5) is 18.9 Å². The lowest BCUT2D eigenvalue weighted by atomic mass is 10.2. The molecule has 0 fully saturated rings. The van der Waals surface area contributed by atoms with E-state index in [9.17, 15) is 18.0 Å². The minimum Gasteiger partial charge on any atom is -0.319 e. The minimum atomic E-state index is -0.876. The van der Waals surface area contributed by atoms with Crippen molar-refractivity contribution in [2.75, 3.05) is 5.32 Å². The van der Waals surface area contributed by atoms with Gasteiger partial charge in [0.25, 0.3) is 5.91 Å². The molecule has 18 heavy (non-hydrogen) atoms. The summed E-state index contributed by atoms with van der Waals surface area (Å²) < 4.78 is 39.4. The highest BCUT2D eigenvalue weighted by atomic mass is 19.1. The van der Waals surface area contributed by atoms with Gasteiger partial charge in [0.1, 0.15) is 11.6 Å². The van der Waals surface area contributed by atoms with E-state index >= 15 is 0 Å². The molecule has 0 aliphatic heterocycles. The molecule has 0 radical (unpaired) electrons. The fraction of sp³-hybridized carbons (Fsp3) is 0. The van der Waals surface area contributed by atoms with E-state index in [-0.39, 0.29) is 11.3 Å². The highest BCUT2D eigenvalue weighted by Gasteiger charge is 2.13. The summed E-state index contributed by atoms with van der Waals surface area (Å²) >= 11 is 0. The molecule has 1 amide bonds. The number of hydrogen-bond donors (Lipinski definition) is 1. The zero-order valence-corrected chi connectivity index (χ0v) is 8.95. The lowest BCUT2D eigenvalue weighted by molar-refractivity contribution is 0.102. The number of nitrogens with zero attached hydrogens (tertiary/aromatic N) is 1. The summed E-state index contributed by atoms with van der Waals surface area (Å²) in [5.41, 5.74) is -0.648. The molecule has 0 unspecified atom stereocenters. The Balaban J connectivity index is 2.27. The van der Waals surface area contributed by atoms with Gasteiger partial charge in [0.05, 0.1) is 17.4 Å². The second kappa shape index (κ2) is 4.87. The van der Waals surface area contributed by atoms with Crippen LogP contribution in [0.3, 0.4) is 0 Å². The average molecular weight is 252 g/mol. The number of pyridine rings is 1. The Kier molecular flexibility index (Phi) is 3.27. The van der Waals surface area contributed by atoms with Crippen LogP contribution in [-0.2, 0) is 0 Å². The van der Waals surface area contributed by atoms with Crippen LogP contribution in [0.5, 0.6) is 0 Å². The molecular weight excluding hydrogens is 245 g/mol. The van der Waals surface area contributed by atoms with Gasteiger partial charge in [-0.25, -0.2) is 13.2 Å². The topological polar surface area (TPSA) is 42.0 Å². The third kappa shape index (κ3) is 2.48. The van der Waals surface area contributed by atoms with Crippen molar-refractivity contribution in [1.82, 2.24) is 4.98 Å². The number of aromatic nitrogens is 1. The van der Waals surface area contributed by atoms with Gasteiger partial charge >= 0.3 is 0 Å². The number of nitrogens with one attached hydrogen (secondary N) is 1. The molecular formula is C12H7F3N2O. The molecule has 0 bridgehead atoms. The van der Waals surface area contributed by atoms with Crippen molar-refractivity contribution >= 4 is 11.6 Å². The third-order valence-electron chi connectivity index (χ3n) is 2.19. The number of halogens is 3. The lowest BCUT2D eigenvalue weighted by Gasteiger charge is -2.06. The largest absolute Gasteiger partial charge is 0.319 e. The third-order valence-corrected chi connectivity index (χ3v) is 2.19. The van der Waals surface area contributed by atoms with Gasteiger partial charge in [-0.2, -0.15) is 0 Å². The van der Waals surface area contributed by atoms with Gasteiger partial charge in [-0.05, 0) is 18.2 Å². The molecule has 0 atom stereocenters. The maximum atomic E-state index is 13.3. The van der Waals surface area contributed by atoms with E-state index in [1.807, 2.05) is 0 Å². The van der Waals surface area contributed by atoms with Crippen LogP contribution in [0.2, 0.25) is 0 Å². The summed E-state index contributed by atoms with van der Waals surface area (Å²) in [4.78, 5) is 15.1. The van der Waals surface area contributed by atoms with E-state index < -0.39 is 23.4 Å². The fourth-order valence-electron chi connectivity index (χ4n) is 1.34. The molecule has 1 aromatic carbocycles. The SMILES string of the molecule is O=C(Nc1cc(F)ccc1F)c1ccncc1F. The summed E-state index contributed by atoms with van der Waals surface area (Å²) in [6, 6.07) is 3.74. The van der Waals surface area contributed by atoms with E-state index in [0.717, 1.165) is 30.5 Å². The molecule has 0 aliphatic rings. The first-order valence-electron chi connectivity index (χ1n) is 4.94. The summed E-state index contributed by atoms with van der Waals surface area (Å²) in [5, 5.41) is 2.09. The maximum Gasteiger partial charge on any atom is 0.258 e. The zero-order chi connectivity index (χ0) is 13.1. The number of carbonyl (C=O) groups is 1. The average Bonchev–Trinajstić information content (AvgIpc) is 2.34. The fourth-order valence-corrected chi connectivity index (χ4v) is 1.34. The van der Waals surface area contributed by atoms with Crippen molar-refractivity contribution in [3.63, 3.8) is 0 Å². The van der Waals surface area contributed by atoms with Gasteiger partial charge in [0.2, 0.25) is 0 Å². The molecule has 6 heteroatoms. The van der Waals surface area contributed by atoms with E-state index in [2.05, 4.69) is 10.3 Å². The maximum absolute atomic E-state index is 13.3. The highest BCUT2D eigenvalue weighted by Crippen LogP contribution is 2.17. The summed E-state index contributed by atoms with van der Waals surface area (Å²) in [6.45, 7) is 0. The molecule has 0 saturated carbocycles. The van der Waals surface area contributed by atoms with Gasteiger partial charge in [0.15, 0.2) is 5.82 Å². The smallest absolute Gasteiger partial charge is 0.258 e. The molecule has 1 heterocycles. The predicted molar refractivity (Wildman–Crippen MR) is 58.5 cm³/mol. The zero-order valence-electron chi connectivity index (χ0n) is 8.95. The van der Waals surface area contributed by atoms with E-state index in [0.29, 0.717) is 0 Å². The van der Waals surface area contributed by atoms with Crippen LogP contribution in [-0.4, -0.2) is 10.9 Å².